The minimum Gasteiger partial charge on any atom is -0.378 e. The number of aromatic nitrogens is 2. The van der Waals surface area contributed by atoms with Crippen LogP contribution in [0.4, 0.5) is 17.5 Å². The summed E-state index contributed by atoms with van der Waals surface area (Å²) in [5.74, 6) is 0.229. The lowest BCUT2D eigenvalue weighted by Gasteiger charge is -2.08. The smallest absolute Gasteiger partial charge is 0.329 e. The van der Waals surface area contributed by atoms with E-state index in [1.165, 1.54) is 0 Å². The Morgan fingerprint density at radius 3 is 2.62 bits per heavy atom. The molecule has 0 aromatic carbocycles. The van der Waals surface area contributed by atoms with Crippen molar-refractivity contribution in [3.63, 3.8) is 0 Å². The van der Waals surface area contributed by atoms with Gasteiger partial charge in [-0.3, -0.25) is 10.1 Å². The molecule has 2 N–H and O–H groups in total. The minimum atomic E-state index is -0.616. The quantitative estimate of drug-likeness (QED) is 0.513. The molecule has 0 aliphatic rings. The lowest BCUT2D eigenvalue weighted by Crippen LogP contribution is -2.14. The van der Waals surface area contributed by atoms with Crippen LogP contribution in [0.2, 0.25) is 0 Å². The number of hydrogen-bond acceptors (Lipinski definition) is 6. The second kappa shape index (κ2) is 3.21. The Labute approximate surface area is 74.4 Å². The maximum atomic E-state index is 10.3. The average Bonchev–Trinajstić information content (AvgIpc) is 2.03. The molecule has 1 aromatic rings. The van der Waals surface area contributed by atoms with Crippen molar-refractivity contribution in [3.05, 3.63) is 16.3 Å². The highest BCUT2D eigenvalue weighted by Gasteiger charge is 2.14. The lowest BCUT2D eigenvalue weighted by molar-refractivity contribution is -0.384. The Morgan fingerprint density at radius 2 is 2.23 bits per heavy atom. The van der Waals surface area contributed by atoms with Gasteiger partial charge >= 0.3 is 5.69 Å². The number of nitrogens with two attached hydrogens (primary N) is 1. The van der Waals surface area contributed by atoms with E-state index in [0.717, 1.165) is 6.20 Å². The molecule has 7 nitrogen and oxygen atoms in total. The van der Waals surface area contributed by atoms with Gasteiger partial charge in [-0.05, 0) is 0 Å². The average molecular weight is 183 g/mol. The number of hydrogen-bond donors (Lipinski definition) is 1. The van der Waals surface area contributed by atoms with E-state index in [1.54, 1.807) is 19.0 Å². The first-order valence-corrected chi connectivity index (χ1v) is 3.46. The summed E-state index contributed by atoms with van der Waals surface area (Å²) in [6, 6.07) is 0. The van der Waals surface area contributed by atoms with E-state index >= 15 is 0 Å². The zero-order valence-electron chi connectivity index (χ0n) is 7.26. The van der Waals surface area contributed by atoms with Crippen LogP contribution in [-0.2, 0) is 0 Å². The first-order chi connectivity index (χ1) is 6.02. The van der Waals surface area contributed by atoms with Crippen molar-refractivity contribution in [2.24, 2.45) is 0 Å². The van der Waals surface area contributed by atoms with Crippen LogP contribution in [0.3, 0.4) is 0 Å². The molecule has 0 bridgehead atoms. The van der Waals surface area contributed by atoms with Gasteiger partial charge in [0.25, 0.3) is 0 Å². The van der Waals surface area contributed by atoms with Gasteiger partial charge in [0.1, 0.15) is 6.20 Å². The van der Waals surface area contributed by atoms with E-state index in [2.05, 4.69) is 9.97 Å². The van der Waals surface area contributed by atoms with E-state index in [4.69, 9.17) is 5.73 Å². The summed E-state index contributed by atoms with van der Waals surface area (Å²) in [6.45, 7) is 0. The number of rotatable bonds is 2. The third-order valence-electron chi connectivity index (χ3n) is 1.38. The van der Waals surface area contributed by atoms with Gasteiger partial charge in [-0.1, -0.05) is 0 Å². The third-order valence-corrected chi connectivity index (χ3v) is 1.38. The molecule has 0 radical (unpaired) electrons. The van der Waals surface area contributed by atoms with E-state index in [9.17, 15) is 10.1 Å². The van der Waals surface area contributed by atoms with Crippen molar-refractivity contribution in [1.29, 1.82) is 0 Å². The molecule has 0 fully saturated rings. The molecule has 0 amide bonds. The normalized spacial score (nSPS) is 9.69. The van der Waals surface area contributed by atoms with Gasteiger partial charge in [-0.15, -0.1) is 0 Å². The van der Waals surface area contributed by atoms with Gasteiger partial charge in [-0.25, -0.2) is 4.98 Å². The summed E-state index contributed by atoms with van der Waals surface area (Å²) < 4.78 is 0. The van der Waals surface area contributed by atoms with Crippen LogP contribution in [0.1, 0.15) is 0 Å². The molecule has 0 saturated heterocycles. The number of nitrogens with zero attached hydrogens (tertiary/aromatic N) is 4. The minimum absolute atomic E-state index is 0.122. The van der Waals surface area contributed by atoms with Crippen molar-refractivity contribution in [3.8, 4) is 0 Å². The standard InChI is InChI=1S/C6H9N5O2/c1-10(2)6-8-3-4(11(12)13)5(7)9-6/h3H,1-2H3,(H2,7,8,9). The Balaban J connectivity index is 3.13. The number of nitro groups is 1. The molecule has 0 saturated carbocycles. The summed E-state index contributed by atoms with van der Waals surface area (Å²) in [5, 5.41) is 10.3. The Kier molecular flexibility index (Phi) is 2.27. The summed E-state index contributed by atoms with van der Waals surface area (Å²) in [7, 11) is 3.45. The Bertz CT molecular complexity index is 338. The van der Waals surface area contributed by atoms with Gasteiger partial charge in [-0.2, -0.15) is 4.98 Å². The molecule has 7 heteroatoms. The molecule has 0 unspecified atom stereocenters. The first kappa shape index (κ1) is 9.17. The number of anilines is 2. The summed E-state index contributed by atoms with van der Waals surface area (Å²) >= 11 is 0. The molecule has 0 aliphatic heterocycles. The fourth-order valence-corrected chi connectivity index (χ4v) is 0.735. The maximum absolute atomic E-state index is 10.3. The van der Waals surface area contributed by atoms with Crippen molar-refractivity contribution in [1.82, 2.24) is 9.97 Å². The molecule has 0 aliphatic carbocycles. The highest BCUT2D eigenvalue weighted by Crippen LogP contribution is 2.18. The molecule has 70 valence electrons. The van der Waals surface area contributed by atoms with Crippen molar-refractivity contribution in [2.45, 2.75) is 0 Å². The largest absolute Gasteiger partial charge is 0.378 e. The van der Waals surface area contributed by atoms with Crippen LogP contribution in [0, 0.1) is 10.1 Å². The predicted octanol–water partition coefficient (Wildman–Crippen LogP) is 0.0330. The summed E-state index contributed by atoms with van der Waals surface area (Å²) in [5.41, 5.74) is 5.07. The molecule has 13 heavy (non-hydrogen) atoms. The van der Waals surface area contributed by atoms with Crippen LogP contribution in [0.5, 0.6) is 0 Å². The first-order valence-electron chi connectivity index (χ1n) is 3.46. The van der Waals surface area contributed by atoms with E-state index in [1.807, 2.05) is 0 Å². The molecule has 0 spiro atoms. The van der Waals surface area contributed by atoms with E-state index < -0.39 is 4.92 Å². The third kappa shape index (κ3) is 1.81. The fraction of sp³-hybridized carbons (Fsp3) is 0.333. The maximum Gasteiger partial charge on any atom is 0.329 e. The van der Waals surface area contributed by atoms with Crippen LogP contribution in [-0.4, -0.2) is 29.0 Å². The van der Waals surface area contributed by atoms with E-state index in [-0.39, 0.29) is 11.5 Å². The van der Waals surface area contributed by atoms with Crippen LogP contribution in [0.25, 0.3) is 0 Å². The van der Waals surface area contributed by atoms with Gasteiger partial charge < -0.3 is 10.6 Å². The van der Waals surface area contributed by atoms with Gasteiger partial charge in [0.15, 0.2) is 0 Å². The van der Waals surface area contributed by atoms with Crippen molar-refractivity contribution in [2.75, 3.05) is 24.7 Å². The second-order valence-corrected chi connectivity index (χ2v) is 2.59. The molecular weight excluding hydrogens is 174 g/mol. The molecule has 1 rings (SSSR count). The summed E-state index contributed by atoms with van der Waals surface area (Å²) in [6.07, 6.45) is 1.09. The zero-order valence-corrected chi connectivity index (χ0v) is 7.26. The van der Waals surface area contributed by atoms with Crippen LogP contribution < -0.4 is 10.6 Å². The van der Waals surface area contributed by atoms with Gasteiger partial charge in [0, 0.05) is 14.1 Å². The van der Waals surface area contributed by atoms with Crippen LogP contribution in [0.15, 0.2) is 6.20 Å². The highest BCUT2D eigenvalue weighted by atomic mass is 16.6. The van der Waals surface area contributed by atoms with Gasteiger partial charge in [0.05, 0.1) is 4.92 Å². The van der Waals surface area contributed by atoms with Crippen molar-refractivity contribution >= 4 is 17.5 Å². The molecule has 1 heterocycles. The lowest BCUT2D eigenvalue weighted by atomic mass is 10.5. The second-order valence-electron chi connectivity index (χ2n) is 2.59. The summed E-state index contributed by atoms with van der Waals surface area (Å²) in [4.78, 5) is 18.8. The Morgan fingerprint density at radius 1 is 1.62 bits per heavy atom. The molecule has 1 aromatic heterocycles. The highest BCUT2D eigenvalue weighted by molar-refractivity contribution is 5.53. The fourth-order valence-electron chi connectivity index (χ4n) is 0.735. The topological polar surface area (TPSA) is 98.2 Å². The zero-order chi connectivity index (χ0) is 10.0. The van der Waals surface area contributed by atoms with Crippen LogP contribution >= 0.6 is 0 Å². The molecule has 0 atom stereocenters. The Hall–Kier alpha value is -1.92. The SMILES string of the molecule is CN(C)c1ncc([N+](=O)[O-])c(N)n1. The van der Waals surface area contributed by atoms with E-state index in [0.29, 0.717) is 5.95 Å². The monoisotopic (exact) mass is 183 g/mol. The molecular formula is C6H9N5O2. The van der Waals surface area contributed by atoms with Gasteiger partial charge in [0.2, 0.25) is 11.8 Å². The predicted molar refractivity (Wildman–Crippen MR) is 47.4 cm³/mol. The number of nitrogen functional groups attached to an aromatic ring is 1. The van der Waals surface area contributed by atoms with Crippen molar-refractivity contribution < 1.29 is 4.92 Å².